The molecular weight excluding hydrogens is 428 g/mol. The van der Waals surface area contributed by atoms with Crippen molar-refractivity contribution >= 4 is 33.3 Å². The average molecular weight is 449 g/mol. The van der Waals surface area contributed by atoms with Crippen LogP contribution < -0.4 is 5.56 Å². The van der Waals surface area contributed by atoms with Crippen molar-refractivity contribution in [3.8, 4) is 0 Å². The van der Waals surface area contributed by atoms with Crippen molar-refractivity contribution in [2.75, 3.05) is 0 Å². The molecule has 2 aromatic heterocycles. The van der Waals surface area contributed by atoms with E-state index in [0.717, 1.165) is 11.1 Å². The number of H-pyrrole nitrogens is 1. The summed E-state index contributed by atoms with van der Waals surface area (Å²) in [5, 5.41) is 11.2. The van der Waals surface area contributed by atoms with Crippen LogP contribution in [0.1, 0.15) is 44.1 Å². The maximum Gasteiger partial charge on any atom is 0.335 e. The van der Waals surface area contributed by atoms with Gasteiger partial charge in [0.1, 0.15) is 4.83 Å². The third-order valence-electron chi connectivity index (χ3n) is 4.99. The molecule has 0 saturated heterocycles. The number of carboxylic acid groups (broad SMARTS) is 1. The van der Waals surface area contributed by atoms with Gasteiger partial charge in [-0.3, -0.25) is 9.59 Å². The van der Waals surface area contributed by atoms with Crippen LogP contribution >= 0.6 is 11.3 Å². The highest BCUT2D eigenvalue weighted by Crippen LogP contribution is 2.22. The van der Waals surface area contributed by atoms with E-state index in [2.05, 4.69) is 9.97 Å². The van der Waals surface area contributed by atoms with E-state index in [0.29, 0.717) is 22.2 Å². The summed E-state index contributed by atoms with van der Waals surface area (Å²) in [6, 6.07) is 16.1. The van der Waals surface area contributed by atoms with Gasteiger partial charge in [-0.1, -0.05) is 42.5 Å². The van der Waals surface area contributed by atoms with Crippen molar-refractivity contribution in [2.45, 2.75) is 26.1 Å². The Morgan fingerprint density at radius 2 is 1.75 bits per heavy atom. The highest BCUT2D eigenvalue weighted by molar-refractivity contribution is 7.16. The van der Waals surface area contributed by atoms with Crippen molar-refractivity contribution < 1.29 is 19.4 Å². The van der Waals surface area contributed by atoms with Crippen LogP contribution in [0.3, 0.4) is 0 Å². The number of hydrogen-bond donors (Lipinski definition) is 2. The minimum atomic E-state index is -0.980. The third kappa shape index (κ3) is 4.99. The second kappa shape index (κ2) is 9.67. The van der Waals surface area contributed by atoms with E-state index in [-0.39, 0.29) is 42.4 Å². The smallest absolute Gasteiger partial charge is 0.335 e. The van der Waals surface area contributed by atoms with Gasteiger partial charge in [-0.05, 0) is 35.1 Å². The fourth-order valence-electron chi connectivity index (χ4n) is 3.29. The summed E-state index contributed by atoms with van der Waals surface area (Å²) in [6.45, 7) is 0.478. The molecule has 4 aromatic rings. The summed E-state index contributed by atoms with van der Waals surface area (Å²) in [4.78, 5) is 43.6. The van der Waals surface area contributed by atoms with E-state index in [1.165, 1.54) is 23.5 Å². The molecule has 0 spiro atoms. The first-order valence-electron chi connectivity index (χ1n) is 9.99. The molecule has 0 unspecified atom stereocenters. The minimum Gasteiger partial charge on any atom is -0.478 e. The lowest BCUT2D eigenvalue weighted by Gasteiger charge is -2.05. The first-order chi connectivity index (χ1) is 15.5. The molecule has 0 aliphatic carbocycles. The second-order valence-corrected chi connectivity index (χ2v) is 8.12. The zero-order chi connectivity index (χ0) is 22.5. The number of hydrogen-bond acceptors (Lipinski definition) is 6. The molecule has 2 N–H and O–H groups in total. The number of ether oxygens (including phenoxy) is 1. The molecule has 0 aliphatic heterocycles. The monoisotopic (exact) mass is 448 g/mol. The van der Waals surface area contributed by atoms with E-state index >= 15 is 0 Å². The molecule has 7 nitrogen and oxygen atoms in total. The fourth-order valence-corrected chi connectivity index (χ4v) is 4.21. The largest absolute Gasteiger partial charge is 0.478 e. The fraction of sp³-hybridized carbons (Fsp3) is 0.167. The van der Waals surface area contributed by atoms with Gasteiger partial charge in [0, 0.05) is 12.0 Å². The summed E-state index contributed by atoms with van der Waals surface area (Å²) < 4.78 is 5.70. The number of fused-ring (bicyclic) bond motifs is 1. The lowest BCUT2D eigenvalue weighted by atomic mass is 10.1. The van der Waals surface area contributed by atoms with Crippen LogP contribution in [0.15, 0.2) is 64.8 Å². The minimum absolute atomic E-state index is 0.0752. The summed E-state index contributed by atoms with van der Waals surface area (Å²) in [7, 11) is 0. The number of nitrogens with zero attached hydrogens (tertiary/aromatic N) is 1. The van der Waals surface area contributed by atoms with Gasteiger partial charge in [-0.15, -0.1) is 11.3 Å². The number of Topliss-reactive ketones (excluding diaryl/α,β-unsaturated/α-hetero) is 1. The van der Waals surface area contributed by atoms with Crippen molar-refractivity contribution in [3.05, 3.63) is 98.4 Å². The molecule has 2 heterocycles. The standard InChI is InChI=1S/C24H20N2O5S/c27-19(11-8-15-4-2-1-3-5-15)21-25-22(28)20-18(14-32-23(20)26-21)13-31-12-16-6-9-17(10-7-16)24(29)30/h1-7,9-10,14H,8,11-13H2,(H,29,30)(H,25,26,28). The number of aromatic carboxylic acids is 1. The van der Waals surface area contributed by atoms with Gasteiger partial charge in [0.15, 0.2) is 11.6 Å². The lowest BCUT2D eigenvalue weighted by molar-refractivity contribution is 0.0696. The zero-order valence-corrected chi connectivity index (χ0v) is 17.9. The Kier molecular flexibility index (Phi) is 6.53. The van der Waals surface area contributed by atoms with Gasteiger partial charge < -0.3 is 14.8 Å². The topological polar surface area (TPSA) is 109 Å². The Labute approximate surface area is 187 Å². The molecule has 0 radical (unpaired) electrons. The number of aryl methyl sites for hydroxylation is 1. The van der Waals surface area contributed by atoms with Gasteiger partial charge in [-0.25, -0.2) is 9.78 Å². The maximum atomic E-state index is 12.6. The molecule has 32 heavy (non-hydrogen) atoms. The van der Waals surface area contributed by atoms with Gasteiger partial charge in [0.25, 0.3) is 5.56 Å². The molecule has 0 bridgehead atoms. The number of carboxylic acids is 1. The van der Waals surface area contributed by atoms with E-state index < -0.39 is 5.97 Å². The second-order valence-electron chi connectivity index (χ2n) is 7.26. The predicted molar refractivity (Wildman–Crippen MR) is 121 cm³/mol. The molecule has 162 valence electrons. The number of ketones is 1. The molecular formula is C24H20N2O5S. The van der Waals surface area contributed by atoms with Crippen molar-refractivity contribution in [1.29, 1.82) is 0 Å². The van der Waals surface area contributed by atoms with Crippen LogP contribution in [0.2, 0.25) is 0 Å². The predicted octanol–water partition coefficient (Wildman–Crippen LogP) is 4.22. The Bertz CT molecular complexity index is 1310. The molecule has 0 aliphatic rings. The summed E-state index contributed by atoms with van der Waals surface area (Å²) in [5.41, 5.74) is 2.43. The van der Waals surface area contributed by atoms with Gasteiger partial charge in [0.05, 0.1) is 24.2 Å². The molecule has 8 heteroatoms. The van der Waals surface area contributed by atoms with E-state index in [4.69, 9.17) is 9.84 Å². The molecule has 0 amide bonds. The quantitative estimate of drug-likeness (QED) is 0.371. The highest BCUT2D eigenvalue weighted by Gasteiger charge is 2.15. The van der Waals surface area contributed by atoms with Gasteiger partial charge in [0.2, 0.25) is 0 Å². The first-order valence-corrected chi connectivity index (χ1v) is 10.9. The zero-order valence-electron chi connectivity index (χ0n) is 17.0. The van der Waals surface area contributed by atoms with Crippen LogP contribution in [0.5, 0.6) is 0 Å². The van der Waals surface area contributed by atoms with E-state index in [1.54, 1.807) is 17.5 Å². The Morgan fingerprint density at radius 3 is 2.47 bits per heavy atom. The van der Waals surface area contributed by atoms with Crippen LogP contribution in [0.25, 0.3) is 10.2 Å². The number of rotatable bonds is 9. The molecule has 0 fully saturated rings. The van der Waals surface area contributed by atoms with Crippen LogP contribution in [0, 0.1) is 0 Å². The Hall–Kier alpha value is -3.62. The number of thiophene rings is 1. The third-order valence-corrected chi connectivity index (χ3v) is 5.92. The average Bonchev–Trinajstić information content (AvgIpc) is 3.22. The Morgan fingerprint density at radius 1 is 1.00 bits per heavy atom. The van der Waals surface area contributed by atoms with Crippen LogP contribution in [-0.2, 0) is 24.4 Å². The molecule has 2 aromatic carbocycles. The van der Waals surface area contributed by atoms with Crippen molar-refractivity contribution in [2.24, 2.45) is 0 Å². The van der Waals surface area contributed by atoms with E-state index in [1.807, 2.05) is 30.3 Å². The Balaban J connectivity index is 1.41. The van der Waals surface area contributed by atoms with E-state index in [9.17, 15) is 14.4 Å². The number of carbonyl (C=O) groups excluding carboxylic acids is 1. The summed E-state index contributed by atoms with van der Waals surface area (Å²) >= 11 is 1.30. The maximum absolute atomic E-state index is 12.6. The molecule has 0 saturated carbocycles. The number of carbonyl (C=O) groups is 2. The molecule has 4 rings (SSSR count). The number of benzene rings is 2. The van der Waals surface area contributed by atoms with Crippen molar-refractivity contribution in [1.82, 2.24) is 9.97 Å². The number of aromatic amines is 1. The van der Waals surface area contributed by atoms with Crippen molar-refractivity contribution in [3.63, 3.8) is 0 Å². The molecule has 0 atom stereocenters. The summed E-state index contributed by atoms with van der Waals surface area (Å²) in [6.07, 6.45) is 0.846. The summed E-state index contributed by atoms with van der Waals surface area (Å²) in [5.74, 6) is -1.11. The van der Waals surface area contributed by atoms with Gasteiger partial charge in [-0.2, -0.15) is 0 Å². The SMILES string of the molecule is O=C(O)c1ccc(COCc2csc3nc(C(=O)CCc4ccccc4)[nH]c(=O)c23)cc1. The normalized spacial score (nSPS) is 11.0. The first kappa shape index (κ1) is 21.6. The number of nitrogens with one attached hydrogen (secondary N) is 1. The van der Waals surface area contributed by atoms with Crippen LogP contribution in [-0.4, -0.2) is 26.8 Å². The lowest BCUT2D eigenvalue weighted by Crippen LogP contribution is -2.16. The highest BCUT2D eigenvalue weighted by atomic mass is 32.1. The van der Waals surface area contributed by atoms with Crippen LogP contribution in [0.4, 0.5) is 0 Å². The van der Waals surface area contributed by atoms with Gasteiger partial charge >= 0.3 is 5.97 Å². The number of aromatic nitrogens is 2.